The van der Waals surface area contributed by atoms with Crippen molar-refractivity contribution in [3.8, 4) is 0 Å². The zero-order valence-corrected chi connectivity index (χ0v) is 9.24. The lowest BCUT2D eigenvalue weighted by molar-refractivity contribution is 0.173. The minimum atomic E-state index is 0.469. The average molecular weight is 187 g/mol. The van der Waals surface area contributed by atoms with Crippen molar-refractivity contribution >= 4 is 12.6 Å². The fourth-order valence-corrected chi connectivity index (χ4v) is 2.22. The number of unbranched alkanes of at least 4 members (excludes halogenated alkanes) is 1. The number of hydrogen-bond donors (Lipinski definition) is 1. The van der Waals surface area contributed by atoms with Gasteiger partial charge in [-0.3, -0.25) is 4.90 Å². The molecule has 1 aliphatic rings. The Bertz CT molecular complexity index is 134. The van der Waals surface area contributed by atoms with E-state index in [4.69, 9.17) is 0 Å². The molecular weight excluding hydrogens is 166 g/mol. The van der Waals surface area contributed by atoms with Crippen molar-refractivity contribution in [1.82, 2.24) is 4.90 Å². The fraction of sp³-hybridized carbons (Fsp3) is 1.00. The summed E-state index contributed by atoms with van der Waals surface area (Å²) >= 11 is 4.22. The van der Waals surface area contributed by atoms with Crippen LogP contribution in [0.4, 0.5) is 0 Å². The van der Waals surface area contributed by atoms with Gasteiger partial charge in [-0.25, -0.2) is 0 Å². The topological polar surface area (TPSA) is 3.24 Å². The van der Waals surface area contributed by atoms with Crippen molar-refractivity contribution < 1.29 is 0 Å². The maximum absolute atomic E-state index is 4.22. The van der Waals surface area contributed by atoms with Crippen LogP contribution in [0.5, 0.6) is 0 Å². The summed E-state index contributed by atoms with van der Waals surface area (Å²) in [5.41, 5.74) is 0.469. The second-order valence-electron chi connectivity index (χ2n) is 4.33. The van der Waals surface area contributed by atoms with E-state index in [9.17, 15) is 0 Å². The standard InChI is InChI=1S/C10H21NS/c1-10(2)6-5-8-11(10)7-3-4-9-12/h12H,3-9H2,1-2H3. The average Bonchev–Trinajstić information content (AvgIpc) is 2.32. The SMILES string of the molecule is CC1(C)CCCN1CCCCS. The van der Waals surface area contributed by atoms with E-state index < -0.39 is 0 Å². The van der Waals surface area contributed by atoms with Gasteiger partial charge in [-0.1, -0.05) is 0 Å². The molecule has 0 saturated carbocycles. The smallest absolute Gasteiger partial charge is 0.0153 e. The highest BCUT2D eigenvalue weighted by molar-refractivity contribution is 7.80. The van der Waals surface area contributed by atoms with Crippen molar-refractivity contribution in [2.24, 2.45) is 0 Å². The predicted molar refractivity (Wildman–Crippen MR) is 58.0 cm³/mol. The zero-order valence-electron chi connectivity index (χ0n) is 8.34. The second kappa shape index (κ2) is 4.52. The van der Waals surface area contributed by atoms with Crippen LogP contribution in [0.15, 0.2) is 0 Å². The number of thiol groups is 1. The number of rotatable bonds is 4. The maximum Gasteiger partial charge on any atom is 0.0153 e. The van der Waals surface area contributed by atoms with E-state index in [2.05, 4.69) is 31.4 Å². The van der Waals surface area contributed by atoms with Crippen LogP contribution in [0.2, 0.25) is 0 Å². The monoisotopic (exact) mass is 187 g/mol. The number of hydrogen-bond acceptors (Lipinski definition) is 2. The molecule has 0 atom stereocenters. The van der Waals surface area contributed by atoms with Crippen molar-refractivity contribution in [3.63, 3.8) is 0 Å². The number of likely N-dealkylation sites (tertiary alicyclic amines) is 1. The molecule has 1 saturated heterocycles. The predicted octanol–water partition coefficient (Wildman–Crippen LogP) is 2.57. The first-order valence-electron chi connectivity index (χ1n) is 5.03. The molecule has 0 aromatic carbocycles. The normalized spacial score (nSPS) is 23.2. The summed E-state index contributed by atoms with van der Waals surface area (Å²) in [7, 11) is 0. The van der Waals surface area contributed by atoms with E-state index in [1.807, 2.05) is 0 Å². The Morgan fingerprint density at radius 2 is 2.08 bits per heavy atom. The molecule has 0 amide bonds. The molecule has 0 aromatic rings. The van der Waals surface area contributed by atoms with E-state index in [1.165, 1.54) is 38.8 Å². The van der Waals surface area contributed by atoms with Crippen LogP contribution in [0.25, 0.3) is 0 Å². The maximum atomic E-state index is 4.22. The summed E-state index contributed by atoms with van der Waals surface area (Å²) in [5, 5.41) is 0. The largest absolute Gasteiger partial charge is 0.298 e. The summed E-state index contributed by atoms with van der Waals surface area (Å²) < 4.78 is 0. The molecule has 0 radical (unpaired) electrons. The molecule has 0 N–H and O–H groups in total. The first-order chi connectivity index (χ1) is 5.67. The van der Waals surface area contributed by atoms with Crippen LogP contribution >= 0.6 is 12.6 Å². The van der Waals surface area contributed by atoms with Gasteiger partial charge in [0.1, 0.15) is 0 Å². The molecule has 1 fully saturated rings. The van der Waals surface area contributed by atoms with Crippen molar-refractivity contribution in [3.05, 3.63) is 0 Å². The van der Waals surface area contributed by atoms with E-state index >= 15 is 0 Å². The van der Waals surface area contributed by atoms with Crippen molar-refractivity contribution in [1.29, 1.82) is 0 Å². The molecule has 0 bridgehead atoms. The molecule has 1 rings (SSSR count). The number of nitrogens with zero attached hydrogens (tertiary/aromatic N) is 1. The van der Waals surface area contributed by atoms with Gasteiger partial charge in [-0.15, -0.1) is 0 Å². The third-order valence-corrected chi connectivity index (χ3v) is 3.23. The van der Waals surface area contributed by atoms with Crippen LogP contribution < -0.4 is 0 Å². The quantitative estimate of drug-likeness (QED) is 0.523. The molecule has 12 heavy (non-hydrogen) atoms. The third-order valence-electron chi connectivity index (χ3n) is 2.91. The van der Waals surface area contributed by atoms with E-state index in [0.29, 0.717) is 5.54 Å². The summed E-state index contributed by atoms with van der Waals surface area (Å²) in [6.45, 7) is 7.30. The summed E-state index contributed by atoms with van der Waals surface area (Å²) in [6, 6.07) is 0. The van der Waals surface area contributed by atoms with Crippen LogP contribution in [0.3, 0.4) is 0 Å². The Morgan fingerprint density at radius 3 is 2.58 bits per heavy atom. The van der Waals surface area contributed by atoms with Gasteiger partial charge in [0.25, 0.3) is 0 Å². The Kier molecular flexibility index (Phi) is 3.91. The second-order valence-corrected chi connectivity index (χ2v) is 4.78. The highest BCUT2D eigenvalue weighted by Gasteiger charge is 2.30. The minimum absolute atomic E-state index is 0.469. The van der Waals surface area contributed by atoms with E-state index in [0.717, 1.165) is 5.75 Å². The Balaban J connectivity index is 2.22. The van der Waals surface area contributed by atoms with Gasteiger partial charge >= 0.3 is 0 Å². The molecule has 1 heterocycles. The molecule has 1 aliphatic heterocycles. The first kappa shape index (κ1) is 10.4. The molecule has 72 valence electrons. The fourth-order valence-electron chi connectivity index (χ4n) is 1.99. The third kappa shape index (κ3) is 2.67. The van der Waals surface area contributed by atoms with Crippen LogP contribution in [-0.4, -0.2) is 29.3 Å². The van der Waals surface area contributed by atoms with E-state index in [-0.39, 0.29) is 0 Å². The highest BCUT2D eigenvalue weighted by Crippen LogP contribution is 2.28. The van der Waals surface area contributed by atoms with Gasteiger partial charge in [0.2, 0.25) is 0 Å². The van der Waals surface area contributed by atoms with Crippen LogP contribution in [0, 0.1) is 0 Å². The zero-order chi connectivity index (χ0) is 9.03. The minimum Gasteiger partial charge on any atom is -0.298 e. The Morgan fingerprint density at radius 1 is 1.33 bits per heavy atom. The van der Waals surface area contributed by atoms with Gasteiger partial charge in [0.15, 0.2) is 0 Å². The lowest BCUT2D eigenvalue weighted by Gasteiger charge is -2.31. The molecule has 1 nitrogen and oxygen atoms in total. The Hall–Kier alpha value is 0.310. The van der Waals surface area contributed by atoms with Crippen LogP contribution in [0.1, 0.15) is 39.5 Å². The first-order valence-corrected chi connectivity index (χ1v) is 5.66. The molecular formula is C10H21NS. The summed E-state index contributed by atoms with van der Waals surface area (Å²) in [4.78, 5) is 2.62. The molecule has 2 heteroatoms. The van der Waals surface area contributed by atoms with Gasteiger partial charge in [-0.2, -0.15) is 12.6 Å². The summed E-state index contributed by atoms with van der Waals surface area (Å²) in [6.07, 6.45) is 5.32. The van der Waals surface area contributed by atoms with Gasteiger partial charge in [-0.05, 0) is 58.4 Å². The van der Waals surface area contributed by atoms with Gasteiger partial charge in [0, 0.05) is 5.54 Å². The molecule has 0 unspecified atom stereocenters. The lowest BCUT2D eigenvalue weighted by atomic mass is 10.0. The van der Waals surface area contributed by atoms with Crippen LogP contribution in [-0.2, 0) is 0 Å². The van der Waals surface area contributed by atoms with Gasteiger partial charge in [0.05, 0.1) is 0 Å². The highest BCUT2D eigenvalue weighted by atomic mass is 32.1. The molecule has 0 spiro atoms. The molecule has 0 aromatic heterocycles. The van der Waals surface area contributed by atoms with E-state index in [1.54, 1.807) is 0 Å². The van der Waals surface area contributed by atoms with Crippen molar-refractivity contribution in [2.75, 3.05) is 18.8 Å². The molecule has 0 aliphatic carbocycles. The lowest BCUT2D eigenvalue weighted by Crippen LogP contribution is -2.38. The Labute approximate surface area is 81.9 Å². The van der Waals surface area contributed by atoms with Crippen molar-refractivity contribution in [2.45, 2.75) is 45.1 Å². The van der Waals surface area contributed by atoms with Gasteiger partial charge < -0.3 is 0 Å². The summed E-state index contributed by atoms with van der Waals surface area (Å²) in [5.74, 6) is 1.04.